The first kappa shape index (κ1) is 11.6. The third-order valence-corrected chi connectivity index (χ3v) is 2.86. The van der Waals surface area contributed by atoms with E-state index < -0.39 is 0 Å². The van der Waals surface area contributed by atoms with Gasteiger partial charge in [0.2, 0.25) is 5.91 Å². The highest BCUT2D eigenvalue weighted by Crippen LogP contribution is 2.07. The molecule has 6 heteroatoms. The van der Waals surface area contributed by atoms with Gasteiger partial charge in [0.1, 0.15) is 0 Å². The van der Waals surface area contributed by atoms with Crippen LogP contribution in [0.5, 0.6) is 0 Å². The molecular weight excluding hydrogens is 220 g/mol. The molecule has 1 atom stereocenters. The molecule has 1 aliphatic heterocycles. The van der Waals surface area contributed by atoms with Gasteiger partial charge in [0, 0.05) is 32.3 Å². The van der Waals surface area contributed by atoms with Gasteiger partial charge in [-0.05, 0) is 13.3 Å². The topological polar surface area (TPSA) is 76.0 Å². The summed E-state index contributed by atoms with van der Waals surface area (Å²) in [6.45, 7) is 2.31. The quantitative estimate of drug-likeness (QED) is 0.742. The minimum atomic E-state index is -0.128. The molecule has 0 bridgehead atoms. The van der Waals surface area contributed by atoms with Crippen molar-refractivity contribution in [1.82, 2.24) is 20.4 Å². The Hall–Kier alpha value is -1.85. The molecule has 0 radical (unpaired) electrons. The summed E-state index contributed by atoms with van der Waals surface area (Å²) in [5, 5.41) is 9.76. The van der Waals surface area contributed by atoms with E-state index in [2.05, 4.69) is 15.7 Å². The van der Waals surface area contributed by atoms with E-state index in [-0.39, 0.29) is 17.9 Å². The normalized spacial score (nSPS) is 19.9. The van der Waals surface area contributed by atoms with Crippen LogP contribution in [0.2, 0.25) is 0 Å². The highest BCUT2D eigenvalue weighted by atomic mass is 16.2. The van der Waals surface area contributed by atoms with Crippen LogP contribution in [0, 0.1) is 6.92 Å². The number of carbonyl (C=O) groups excluding carboxylic acids is 2. The molecule has 6 nitrogen and oxygen atoms in total. The van der Waals surface area contributed by atoms with Crippen molar-refractivity contribution in [2.24, 2.45) is 7.05 Å². The van der Waals surface area contributed by atoms with Gasteiger partial charge in [-0.1, -0.05) is 0 Å². The zero-order valence-corrected chi connectivity index (χ0v) is 9.99. The highest BCUT2D eigenvalue weighted by molar-refractivity contribution is 5.95. The molecule has 0 aromatic carbocycles. The fourth-order valence-corrected chi connectivity index (χ4v) is 1.94. The van der Waals surface area contributed by atoms with Crippen molar-refractivity contribution in [2.75, 3.05) is 6.54 Å². The van der Waals surface area contributed by atoms with E-state index in [0.717, 1.165) is 0 Å². The Labute approximate surface area is 99.4 Å². The van der Waals surface area contributed by atoms with Crippen molar-refractivity contribution in [3.05, 3.63) is 17.5 Å². The average Bonchev–Trinajstić information content (AvgIpc) is 2.61. The van der Waals surface area contributed by atoms with E-state index in [0.29, 0.717) is 30.6 Å². The van der Waals surface area contributed by atoms with Crippen LogP contribution in [0.3, 0.4) is 0 Å². The first-order valence-corrected chi connectivity index (χ1v) is 5.64. The maximum Gasteiger partial charge on any atom is 0.255 e. The van der Waals surface area contributed by atoms with Gasteiger partial charge in [0.15, 0.2) is 0 Å². The summed E-state index contributed by atoms with van der Waals surface area (Å²) in [6, 6.07) is 0.0137. The number of hydrogen-bond donors (Lipinski definition) is 2. The Kier molecular flexibility index (Phi) is 3.12. The first-order valence-electron chi connectivity index (χ1n) is 5.64. The number of piperidine rings is 1. The van der Waals surface area contributed by atoms with Crippen LogP contribution in [0.1, 0.15) is 28.9 Å². The maximum atomic E-state index is 12.0. The van der Waals surface area contributed by atoms with Crippen LogP contribution in [-0.2, 0) is 11.8 Å². The molecular formula is C11H16N4O2. The summed E-state index contributed by atoms with van der Waals surface area (Å²) < 4.78 is 1.62. The van der Waals surface area contributed by atoms with Gasteiger partial charge in [-0.2, -0.15) is 5.10 Å². The Morgan fingerprint density at radius 1 is 1.65 bits per heavy atom. The minimum absolute atomic E-state index is 0.0137. The number of aromatic nitrogens is 2. The van der Waals surface area contributed by atoms with Crippen molar-refractivity contribution in [2.45, 2.75) is 25.8 Å². The molecule has 1 unspecified atom stereocenters. The van der Waals surface area contributed by atoms with Gasteiger partial charge >= 0.3 is 0 Å². The van der Waals surface area contributed by atoms with Gasteiger partial charge in [-0.15, -0.1) is 0 Å². The zero-order chi connectivity index (χ0) is 12.4. The molecule has 2 amide bonds. The van der Waals surface area contributed by atoms with E-state index in [1.807, 2.05) is 0 Å². The summed E-state index contributed by atoms with van der Waals surface area (Å²) in [4.78, 5) is 22.9. The molecule has 17 heavy (non-hydrogen) atoms. The molecule has 0 spiro atoms. The number of aryl methyl sites for hydroxylation is 2. The second-order valence-electron chi connectivity index (χ2n) is 4.31. The molecule has 1 aromatic rings. The lowest BCUT2D eigenvalue weighted by molar-refractivity contribution is -0.122. The minimum Gasteiger partial charge on any atom is -0.354 e. The third-order valence-electron chi connectivity index (χ3n) is 2.86. The van der Waals surface area contributed by atoms with E-state index in [9.17, 15) is 9.59 Å². The molecule has 2 N–H and O–H groups in total. The predicted octanol–water partition coefficient (Wildman–Crippen LogP) is -0.263. The number of amides is 2. The molecule has 0 saturated carbocycles. The van der Waals surface area contributed by atoms with Gasteiger partial charge in [0.05, 0.1) is 11.3 Å². The largest absolute Gasteiger partial charge is 0.354 e. The summed E-state index contributed by atoms with van der Waals surface area (Å²) >= 11 is 0. The van der Waals surface area contributed by atoms with Crippen molar-refractivity contribution in [1.29, 1.82) is 0 Å². The van der Waals surface area contributed by atoms with Gasteiger partial charge in [0.25, 0.3) is 5.91 Å². The van der Waals surface area contributed by atoms with Crippen LogP contribution in [0.15, 0.2) is 6.20 Å². The zero-order valence-electron chi connectivity index (χ0n) is 9.99. The van der Waals surface area contributed by atoms with Crippen LogP contribution >= 0.6 is 0 Å². The number of rotatable bonds is 2. The highest BCUT2D eigenvalue weighted by Gasteiger charge is 2.21. The van der Waals surface area contributed by atoms with Gasteiger partial charge < -0.3 is 10.6 Å². The number of hydrogen-bond acceptors (Lipinski definition) is 3. The smallest absolute Gasteiger partial charge is 0.255 e. The number of nitrogens with zero attached hydrogens (tertiary/aromatic N) is 2. The monoisotopic (exact) mass is 236 g/mol. The Morgan fingerprint density at radius 2 is 2.41 bits per heavy atom. The summed E-state index contributed by atoms with van der Waals surface area (Å²) in [6.07, 6.45) is 2.86. The van der Waals surface area contributed by atoms with E-state index in [1.54, 1.807) is 24.9 Å². The molecule has 1 aliphatic rings. The molecule has 1 saturated heterocycles. The lowest BCUT2D eigenvalue weighted by Gasteiger charge is -2.23. The predicted molar refractivity (Wildman–Crippen MR) is 61.4 cm³/mol. The fourth-order valence-electron chi connectivity index (χ4n) is 1.94. The summed E-state index contributed by atoms with van der Waals surface area (Å²) in [5.41, 5.74) is 1.30. The molecule has 2 rings (SSSR count). The SMILES string of the molecule is Cc1nn(C)cc1C(=O)NC1CCC(=O)NC1. The Balaban J connectivity index is 1.97. The van der Waals surface area contributed by atoms with E-state index >= 15 is 0 Å². The number of carbonyl (C=O) groups is 2. The van der Waals surface area contributed by atoms with Gasteiger partial charge in [-0.25, -0.2) is 0 Å². The lowest BCUT2D eigenvalue weighted by atomic mass is 10.1. The third kappa shape index (κ3) is 2.64. The lowest BCUT2D eigenvalue weighted by Crippen LogP contribution is -2.47. The maximum absolute atomic E-state index is 12.0. The molecule has 0 aliphatic carbocycles. The van der Waals surface area contributed by atoms with E-state index in [4.69, 9.17) is 0 Å². The van der Waals surface area contributed by atoms with E-state index in [1.165, 1.54) is 0 Å². The molecule has 2 heterocycles. The standard InChI is InChI=1S/C11H16N4O2/c1-7-9(6-15(2)14-7)11(17)13-8-3-4-10(16)12-5-8/h6,8H,3-5H2,1-2H3,(H,12,16)(H,13,17). The molecule has 92 valence electrons. The van der Waals surface area contributed by atoms with Crippen molar-refractivity contribution >= 4 is 11.8 Å². The van der Waals surface area contributed by atoms with Crippen molar-refractivity contribution < 1.29 is 9.59 Å². The Bertz CT molecular complexity index is 442. The van der Waals surface area contributed by atoms with Crippen LogP contribution < -0.4 is 10.6 Å². The van der Waals surface area contributed by atoms with Gasteiger partial charge in [-0.3, -0.25) is 14.3 Å². The van der Waals surface area contributed by atoms with Crippen LogP contribution in [0.25, 0.3) is 0 Å². The average molecular weight is 236 g/mol. The molecule has 1 fully saturated rings. The van der Waals surface area contributed by atoms with Crippen molar-refractivity contribution in [3.63, 3.8) is 0 Å². The first-order chi connectivity index (χ1) is 8.06. The second kappa shape index (κ2) is 4.57. The van der Waals surface area contributed by atoms with Crippen LogP contribution in [-0.4, -0.2) is 34.2 Å². The number of nitrogens with one attached hydrogen (secondary N) is 2. The van der Waals surface area contributed by atoms with Crippen molar-refractivity contribution in [3.8, 4) is 0 Å². The molecule has 1 aromatic heterocycles. The fraction of sp³-hybridized carbons (Fsp3) is 0.545. The van der Waals surface area contributed by atoms with Crippen LogP contribution in [0.4, 0.5) is 0 Å². The summed E-state index contributed by atoms with van der Waals surface area (Å²) in [5.74, 6) is -0.0789. The Morgan fingerprint density at radius 3 is 2.94 bits per heavy atom. The summed E-state index contributed by atoms with van der Waals surface area (Å²) in [7, 11) is 1.78. The second-order valence-corrected chi connectivity index (χ2v) is 4.31.